The smallest absolute Gasteiger partial charge is 0.132 e. The zero-order valence-electron chi connectivity index (χ0n) is 9.75. The lowest BCUT2D eigenvalue weighted by Crippen LogP contribution is -2.14. The number of nitrogens with zero attached hydrogens (tertiary/aromatic N) is 2. The van der Waals surface area contributed by atoms with Crippen molar-refractivity contribution in [2.75, 3.05) is 12.4 Å². The maximum absolute atomic E-state index is 9.29. The first-order chi connectivity index (χ1) is 8.29. The van der Waals surface area contributed by atoms with Crippen LogP contribution in [0.25, 0.3) is 0 Å². The fourth-order valence-electron chi connectivity index (χ4n) is 2.05. The van der Waals surface area contributed by atoms with Crippen molar-refractivity contribution in [1.29, 1.82) is 0 Å². The second-order valence-electron chi connectivity index (χ2n) is 4.38. The molecule has 0 saturated heterocycles. The highest BCUT2D eigenvalue weighted by molar-refractivity contribution is 7.99. The Bertz CT molecular complexity index is 356. The summed E-state index contributed by atoms with van der Waals surface area (Å²) < 4.78 is 0. The van der Waals surface area contributed by atoms with Gasteiger partial charge in [0.05, 0.1) is 17.7 Å². The standard InChI is InChI=1S/C12H18N2O2S/c15-7-10(16)8-17-11-5-6-13-12(14-11)9-3-1-2-4-9/h5-6,9-10,15-16H,1-4,7-8H2/t10-/m0/s1. The lowest BCUT2D eigenvalue weighted by atomic mass is 10.1. The Balaban J connectivity index is 1.96. The molecule has 5 heteroatoms. The first kappa shape index (κ1) is 12.8. The van der Waals surface area contributed by atoms with Crippen molar-refractivity contribution in [2.24, 2.45) is 0 Å². The second kappa shape index (κ2) is 6.33. The van der Waals surface area contributed by atoms with Gasteiger partial charge in [-0.3, -0.25) is 0 Å². The van der Waals surface area contributed by atoms with E-state index in [0.717, 1.165) is 10.9 Å². The quantitative estimate of drug-likeness (QED) is 0.617. The van der Waals surface area contributed by atoms with Gasteiger partial charge in [0, 0.05) is 17.9 Å². The van der Waals surface area contributed by atoms with Crippen molar-refractivity contribution in [3.8, 4) is 0 Å². The molecule has 1 saturated carbocycles. The summed E-state index contributed by atoms with van der Waals surface area (Å²) in [6.45, 7) is -0.201. The molecule has 0 bridgehead atoms. The molecule has 1 aromatic heterocycles. The van der Waals surface area contributed by atoms with Crippen LogP contribution in [0.3, 0.4) is 0 Å². The lowest BCUT2D eigenvalue weighted by molar-refractivity contribution is 0.113. The van der Waals surface area contributed by atoms with Crippen LogP contribution < -0.4 is 0 Å². The minimum absolute atomic E-state index is 0.201. The maximum atomic E-state index is 9.29. The summed E-state index contributed by atoms with van der Waals surface area (Å²) in [6, 6.07) is 1.85. The van der Waals surface area contributed by atoms with Crippen LogP contribution in [-0.4, -0.2) is 38.6 Å². The molecule has 0 radical (unpaired) electrons. The molecule has 0 aromatic carbocycles. The summed E-state index contributed by atoms with van der Waals surface area (Å²) in [4.78, 5) is 8.85. The Morgan fingerprint density at radius 1 is 1.41 bits per heavy atom. The van der Waals surface area contributed by atoms with Gasteiger partial charge in [-0.25, -0.2) is 9.97 Å². The third kappa shape index (κ3) is 3.66. The molecule has 4 nitrogen and oxygen atoms in total. The molecule has 1 atom stereocenters. The fraction of sp³-hybridized carbons (Fsp3) is 0.667. The molecule has 1 aliphatic carbocycles. The molecule has 2 rings (SSSR count). The van der Waals surface area contributed by atoms with E-state index < -0.39 is 6.10 Å². The summed E-state index contributed by atoms with van der Waals surface area (Å²) in [5.74, 6) is 1.92. The summed E-state index contributed by atoms with van der Waals surface area (Å²) in [5.41, 5.74) is 0. The predicted octanol–water partition coefficient (Wildman–Crippen LogP) is 1.58. The number of hydrogen-bond donors (Lipinski definition) is 2. The maximum Gasteiger partial charge on any atom is 0.132 e. The van der Waals surface area contributed by atoms with Crippen molar-refractivity contribution < 1.29 is 10.2 Å². The highest BCUT2D eigenvalue weighted by Crippen LogP contribution is 2.32. The van der Waals surface area contributed by atoms with Crippen molar-refractivity contribution in [2.45, 2.75) is 42.7 Å². The number of aliphatic hydroxyl groups excluding tert-OH is 2. The number of hydrogen-bond acceptors (Lipinski definition) is 5. The van der Waals surface area contributed by atoms with Crippen LogP contribution in [0.5, 0.6) is 0 Å². The van der Waals surface area contributed by atoms with Gasteiger partial charge in [0.25, 0.3) is 0 Å². The van der Waals surface area contributed by atoms with E-state index in [0.29, 0.717) is 11.7 Å². The molecule has 0 spiro atoms. The van der Waals surface area contributed by atoms with Crippen LogP contribution >= 0.6 is 11.8 Å². The molecule has 17 heavy (non-hydrogen) atoms. The van der Waals surface area contributed by atoms with Gasteiger partial charge in [0.1, 0.15) is 5.82 Å². The molecule has 0 aliphatic heterocycles. The van der Waals surface area contributed by atoms with Crippen LogP contribution in [0.4, 0.5) is 0 Å². The molecular formula is C12H18N2O2S. The van der Waals surface area contributed by atoms with Crippen molar-refractivity contribution >= 4 is 11.8 Å². The molecular weight excluding hydrogens is 236 g/mol. The van der Waals surface area contributed by atoms with Crippen LogP contribution in [0.1, 0.15) is 37.4 Å². The summed E-state index contributed by atoms with van der Waals surface area (Å²) in [5, 5.41) is 18.9. The Morgan fingerprint density at radius 3 is 2.88 bits per heavy atom. The normalized spacial score (nSPS) is 18.5. The number of rotatable bonds is 5. The van der Waals surface area contributed by atoms with Crippen molar-refractivity contribution in [1.82, 2.24) is 9.97 Å². The Hall–Kier alpha value is -0.650. The fourth-order valence-corrected chi connectivity index (χ4v) is 2.84. The first-order valence-electron chi connectivity index (χ1n) is 6.04. The zero-order valence-corrected chi connectivity index (χ0v) is 10.6. The second-order valence-corrected chi connectivity index (χ2v) is 5.42. The van der Waals surface area contributed by atoms with Crippen molar-refractivity contribution in [3.63, 3.8) is 0 Å². The van der Waals surface area contributed by atoms with Gasteiger partial charge < -0.3 is 10.2 Å². The zero-order chi connectivity index (χ0) is 12.1. The Labute approximate surface area is 105 Å². The van der Waals surface area contributed by atoms with Gasteiger partial charge >= 0.3 is 0 Å². The Morgan fingerprint density at radius 2 is 2.18 bits per heavy atom. The van der Waals surface area contributed by atoms with E-state index >= 15 is 0 Å². The predicted molar refractivity (Wildman–Crippen MR) is 67.1 cm³/mol. The van der Waals surface area contributed by atoms with Crippen LogP contribution in [0.15, 0.2) is 17.3 Å². The number of aliphatic hydroxyl groups is 2. The van der Waals surface area contributed by atoms with Gasteiger partial charge in [-0.15, -0.1) is 11.8 Å². The summed E-state index contributed by atoms with van der Waals surface area (Å²) in [7, 11) is 0. The summed E-state index contributed by atoms with van der Waals surface area (Å²) in [6.07, 6.45) is 6.03. The SMILES string of the molecule is OC[C@H](O)CSc1ccnc(C2CCCC2)n1. The highest BCUT2D eigenvalue weighted by Gasteiger charge is 2.19. The minimum Gasteiger partial charge on any atom is -0.394 e. The van der Waals surface area contributed by atoms with Gasteiger partial charge in [0.15, 0.2) is 0 Å². The Kier molecular flexibility index (Phi) is 4.76. The van der Waals surface area contributed by atoms with Gasteiger partial charge in [-0.1, -0.05) is 12.8 Å². The first-order valence-corrected chi connectivity index (χ1v) is 7.03. The monoisotopic (exact) mass is 254 g/mol. The lowest BCUT2D eigenvalue weighted by Gasteiger charge is -2.09. The highest BCUT2D eigenvalue weighted by atomic mass is 32.2. The van der Waals surface area contributed by atoms with Gasteiger partial charge in [-0.05, 0) is 18.9 Å². The summed E-state index contributed by atoms with van der Waals surface area (Å²) >= 11 is 1.46. The van der Waals surface area contributed by atoms with E-state index in [1.165, 1.54) is 37.4 Å². The molecule has 2 N–H and O–H groups in total. The largest absolute Gasteiger partial charge is 0.394 e. The molecule has 1 aliphatic rings. The van der Waals surface area contributed by atoms with E-state index in [-0.39, 0.29) is 6.61 Å². The van der Waals surface area contributed by atoms with Crippen LogP contribution in [0, 0.1) is 0 Å². The average Bonchev–Trinajstić information content (AvgIpc) is 2.90. The van der Waals surface area contributed by atoms with E-state index in [1.807, 2.05) is 6.07 Å². The molecule has 1 aromatic rings. The van der Waals surface area contributed by atoms with Gasteiger partial charge in [-0.2, -0.15) is 0 Å². The van der Waals surface area contributed by atoms with Crippen molar-refractivity contribution in [3.05, 3.63) is 18.1 Å². The average molecular weight is 254 g/mol. The topological polar surface area (TPSA) is 66.2 Å². The minimum atomic E-state index is -0.676. The molecule has 0 unspecified atom stereocenters. The third-order valence-corrected chi connectivity index (χ3v) is 4.08. The molecule has 1 heterocycles. The molecule has 0 amide bonds. The third-order valence-electron chi connectivity index (χ3n) is 3.00. The number of thioether (sulfide) groups is 1. The number of aromatic nitrogens is 2. The molecule has 94 valence electrons. The molecule has 1 fully saturated rings. The van der Waals surface area contributed by atoms with E-state index in [1.54, 1.807) is 6.20 Å². The van der Waals surface area contributed by atoms with Gasteiger partial charge in [0.2, 0.25) is 0 Å². The van der Waals surface area contributed by atoms with E-state index in [4.69, 9.17) is 5.11 Å². The van der Waals surface area contributed by atoms with E-state index in [2.05, 4.69) is 9.97 Å². The van der Waals surface area contributed by atoms with Crippen LogP contribution in [-0.2, 0) is 0 Å². The van der Waals surface area contributed by atoms with Crippen LogP contribution in [0.2, 0.25) is 0 Å². The van der Waals surface area contributed by atoms with E-state index in [9.17, 15) is 5.11 Å².